The van der Waals surface area contributed by atoms with Crippen LogP contribution in [0, 0.1) is 12.7 Å². The Morgan fingerprint density at radius 1 is 1.00 bits per heavy atom. The molecule has 0 fully saturated rings. The quantitative estimate of drug-likeness (QED) is 0.268. The molecule has 0 aliphatic heterocycles. The van der Waals surface area contributed by atoms with E-state index in [1.807, 2.05) is 75.4 Å². The highest BCUT2D eigenvalue weighted by atomic mass is 19.1. The van der Waals surface area contributed by atoms with Crippen LogP contribution in [-0.4, -0.2) is 33.7 Å². The van der Waals surface area contributed by atoms with Crippen LogP contribution < -0.4 is 9.47 Å². The van der Waals surface area contributed by atoms with Gasteiger partial charge in [-0.2, -0.15) is 5.10 Å². The summed E-state index contributed by atoms with van der Waals surface area (Å²) >= 11 is 0. The average Bonchev–Trinajstić information content (AvgIpc) is 3.22. The fraction of sp³-hybridized carbons (Fsp3) is 0.241. The molecule has 0 saturated carbocycles. The summed E-state index contributed by atoms with van der Waals surface area (Å²) in [7, 11) is 1.59. The number of para-hydroxylation sites is 3. The Hall–Kier alpha value is -4.13. The molecular formula is C29H30FN3O3. The molecule has 0 aliphatic carbocycles. The zero-order valence-electron chi connectivity index (χ0n) is 20.9. The van der Waals surface area contributed by atoms with Crippen LogP contribution in [0.1, 0.15) is 41.9 Å². The Bertz CT molecular complexity index is 1320. The first-order valence-electron chi connectivity index (χ1n) is 11.9. The summed E-state index contributed by atoms with van der Waals surface area (Å²) < 4.78 is 27.2. The molecule has 1 heterocycles. The summed E-state index contributed by atoms with van der Waals surface area (Å²) in [6.45, 7) is 6.20. The van der Waals surface area contributed by atoms with Gasteiger partial charge >= 0.3 is 0 Å². The van der Waals surface area contributed by atoms with Crippen molar-refractivity contribution in [1.29, 1.82) is 0 Å². The molecule has 0 saturated heterocycles. The first kappa shape index (κ1) is 25.0. The third-order valence-electron chi connectivity index (χ3n) is 6.22. The van der Waals surface area contributed by atoms with Crippen LogP contribution in [0.3, 0.4) is 0 Å². The second-order valence-electron chi connectivity index (χ2n) is 8.57. The van der Waals surface area contributed by atoms with Gasteiger partial charge in [-0.1, -0.05) is 37.3 Å². The molecular weight excluding hydrogens is 457 g/mol. The number of methoxy groups -OCH3 is 1. The predicted octanol–water partition coefficient (Wildman–Crippen LogP) is 6.56. The van der Waals surface area contributed by atoms with Crippen molar-refractivity contribution >= 4 is 5.91 Å². The Balaban J connectivity index is 1.80. The van der Waals surface area contributed by atoms with Gasteiger partial charge in [0.05, 0.1) is 30.6 Å². The minimum Gasteiger partial charge on any atom is -0.493 e. The van der Waals surface area contributed by atoms with Gasteiger partial charge in [0.15, 0.2) is 11.5 Å². The van der Waals surface area contributed by atoms with Crippen molar-refractivity contribution in [3.63, 3.8) is 0 Å². The van der Waals surface area contributed by atoms with Gasteiger partial charge in [0.25, 0.3) is 5.91 Å². The largest absolute Gasteiger partial charge is 0.493 e. The second kappa shape index (κ2) is 11.1. The summed E-state index contributed by atoms with van der Waals surface area (Å²) in [5, 5.41) is 4.78. The Morgan fingerprint density at radius 3 is 2.28 bits per heavy atom. The molecule has 1 atom stereocenters. The van der Waals surface area contributed by atoms with Crippen LogP contribution in [0.4, 0.5) is 4.39 Å². The van der Waals surface area contributed by atoms with E-state index < -0.39 is 0 Å². The van der Waals surface area contributed by atoms with Crippen LogP contribution in [0.25, 0.3) is 5.69 Å². The molecule has 1 unspecified atom stereocenters. The van der Waals surface area contributed by atoms with Gasteiger partial charge in [-0.25, -0.2) is 9.07 Å². The molecule has 0 aliphatic rings. The van der Waals surface area contributed by atoms with Crippen LogP contribution in [0.2, 0.25) is 0 Å². The molecule has 6 nitrogen and oxygen atoms in total. The Morgan fingerprint density at radius 2 is 1.64 bits per heavy atom. The number of halogens is 1. The van der Waals surface area contributed by atoms with Gasteiger partial charge in [0, 0.05) is 11.6 Å². The highest BCUT2D eigenvalue weighted by Crippen LogP contribution is 2.36. The Kier molecular flexibility index (Phi) is 7.68. The maximum absolute atomic E-state index is 13.5. The van der Waals surface area contributed by atoms with Crippen LogP contribution in [0.5, 0.6) is 17.4 Å². The van der Waals surface area contributed by atoms with E-state index in [1.54, 1.807) is 16.7 Å². The predicted molar refractivity (Wildman–Crippen MR) is 137 cm³/mol. The number of benzene rings is 3. The monoisotopic (exact) mass is 487 g/mol. The molecule has 1 amide bonds. The third-order valence-corrected chi connectivity index (χ3v) is 6.22. The van der Waals surface area contributed by atoms with Crippen molar-refractivity contribution in [2.45, 2.75) is 39.8 Å². The average molecular weight is 488 g/mol. The summed E-state index contributed by atoms with van der Waals surface area (Å²) in [6, 6.07) is 22.7. The van der Waals surface area contributed by atoms with E-state index in [0.717, 1.165) is 23.4 Å². The van der Waals surface area contributed by atoms with Crippen molar-refractivity contribution in [2.75, 3.05) is 7.11 Å². The highest BCUT2D eigenvalue weighted by molar-refractivity contribution is 5.94. The number of carbonyl (C=O) groups is 1. The highest BCUT2D eigenvalue weighted by Gasteiger charge is 2.27. The Labute approximate surface area is 210 Å². The summed E-state index contributed by atoms with van der Waals surface area (Å²) in [6.07, 6.45) is 0.751. The van der Waals surface area contributed by atoms with Crippen molar-refractivity contribution in [1.82, 2.24) is 14.7 Å². The lowest BCUT2D eigenvalue weighted by molar-refractivity contribution is 0.0670. The van der Waals surface area contributed by atoms with E-state index in [2.05, 4.69) is 0 Å². The van der Waals surface area contributed by atoms with Crippen LogP contribution in [0.15, 0.2) is 78.9 Å². The molecule has 36 heavy (non-hydrogen) atoms. The summed E-state index contributed by atoms with van der Waals surface area (Å²) in [5.41, 5.74) is 2.78. The molecule has 3 aromatic carbocycles. The lowest BCUT2D eigenvalue weighted by atomic mass is 10.1. The normalized spacial score (nSPS) is 11.7. The van der Waals surface area contributed by atoms with E-state index >= 15 is 0 Å². The number of rotatable bonds is 9. The molecule has 7 heteroatoms. The maximum Gasteiger partial charge on any atom is 0.254 e. The molecule has 186 valence electrons. The van der Waals surface area contributed by atoms with Gasteiger partial charge in [-0.05, 0) is 68.8 Å². The molecule has 4 rings (SSSR count). The zero-order chi connectivity index (χ0) is 25.7. The van der Waals surface area contributed by atoms with E-state index in [-0.39, 0.29) is 24.3 Å². The number of hydrogen-bond acceptors (Lipinski definition) is 4. The van der Waals surface area contributed by atoms with Crippen molar-refractivity contribution < 1.29 is 18.7 Å². The topological polar surface area (TPSA) is 56.6 Å². The summed E-state index contributed by atoms with van der Waals surface area (Å²) in [5.74, 6) is 1.07. The minimum absolute atomic E-state index is 0.0684. The van der Waals surface area contributed by atoms with Crippen molar-refractivity contribution in [3.8, 4) is 23.1 Å². The lowest BCUT2D eigenvalue weighted by Crippen LogP contribution is -2.38. The van der Waals surface area contributed by atoms with Gasteiger partial charge in [0.1, 0.15) is 5.82 Å². The van der Waals surface area contributed by atoms with Crippen molar-refractivity contribution in [2.24, 2.45) is 0 Å². The molecule has 1 aromatic heterocycles. The van der Waals surface area contributed by atoms with Gasteiger partial charge in [-0.3, -0.25) is 4.79 Å². The maximum atomic E-state index is 13.5. The molecule has 0 radical (unpaired) electrons. The fourth-order valence-electron chi connectivity index (χ4n) is 3.95. The number of ether oxygens (including phenoxy) is 2. The lowest BCUT2D eigenvalue weighted by Gasteiger charge is -2.29. The van der Waals surface area contributed by atoms with E-state index in [9.17, 15) is 9.18 Å². The number of amides is 1. The third kappa shape index (κ3) is 5.25. The van der Waals surface area contributed by atoms with E-state index in [0.29, 0.717) is 22.9 Å². The second-order valence-corrected chi connectivity index (χ2v) is 8.57. The van der Waals surface area contributed by atoms with Crippen LogP contribution >= 0.6 is 0 Å². The van der Waals surface area contributed by atoms with Gasteiger partial charge in [-0.15, -0.1) is 0 Å². The number of carbonyl (C=O) groups excluding carboxylic acids is 1. The number of nitrogens with zero attached hydrogens (tertiary/aromatic N) is 3. The number of aryl methyl sites for hydroxylation is 1. The first-order chi connectivity index (χ1) is 17.4. The number of hydrogen-bond donors (Lipinski definition) is 0. The zero-order valence-corrected chi connectivity index (χ0v) is 20.9. The SMILES string of the molecule is CCC(C)N(Cc1c(C)nn(-c2ccccc2)c1Oc1ccccc1OC)C(=O)c1ccc(F)cc1. The van der Waals surface area contributed by atoms with Gasteiger partial charge < -0.3 is 14.4 Å². The van der Waals surface area contributed by atoms with Crippen molar-refractivity contribution in [3.05, 3.63) is 102 Å². The standard InChI is InChI=1S/C29H30FN3O3/c1-5-20(2)32(28(34)22-15-17-23(30)18-16-22)19-25-21(3)31-33(24-11-7-6-8-12-24)29(25)36-27-14-10-9-13-26(27)35-4/h6-18,20H,5,19H2,1-4H3. The molecule has 0 N–H and O–H groups in total. The first-order valence-corrected chi connectivity index (χ1v) is 11.9. The smallest absolute Gasteiger partial charge is 0.254 e. The number of aromatic nitrogens is 2. The van der Waals surface area contributed by atoms with Gasteiger partial charge in [0.2, 0.25) is 5.88 Å². The summed E-state index contributed by atoms with van der Waals surface area (Å²) in [4.78, 5) is 15.3. The van der Waals surface area contributed by atoms with E-state index in [4.69, 9.17) is 14.6 Å². The molecule has 0 spiro atoms. The fourth-order valence-corrected chi connectivity index (χ4v) is 3.95. The van der Waals surface area contributed by atoms with E-state index in [1.165, 1.54) is 24.3 Å². The van der Waals surface area contributed by atoms with Crippen LogP contribution in [-0.2, 0) is 6.54 Å². The molecule has 0 bridgehead atoms. The molecule has 4 aromatic rings. The minimum atomic E-state index is -0.380.